The van der Waals surface area contributed by atoms with Crippen molar-refractivity contribution in [3.63, 3.8) is 0 Å². The van der Waals surface area contributed by atoms with Crippen LogP contribution in [0.15, 0.2) is 24.3 Å². The number of anilines is 1. The number of esters is 1. The molecule has 11 nitrogen and oxygen atoms in total. The van der Waals surface area contributed by atoms with E-state index in [-0.39, 0.29) is 53.2 Å². The van der Waals surface area contributed by atoms with Gasteiger partial charge in [0.15, 0.2) is 0 Å². The van der Waals surface area contributed by atoms with Crippen LogP contribution >= 0.6 is 0 Å². The van der Waals surface area contributed by atoms with Crippen molar-refractivity contribution in [1.29, 1.82) is 0 Å². The van der Waals surface area contributed by atoms with Gasteiger partial charge in [-0.1, -0.05) is 19.1 Å². The number of aliphatic hydroxyl groups is 2. The van der Waals surface area contributed by atoms with Crippen molar-refractivity contribution >= 4 is 21.7 Å². The second kappa shape index (κ2) is 9.60. The van der Waals surface area contributed by atoms with E-state index in [4.69, 9.17) is 18.9 Å². The van der Waals surface area contributed by atoms with E-state index >= 15 is 0 Å². The number of rotatable bonds is 8. The van der Waals surface area contributed by atoms with Gasteiger partial charge in [0.1, 0.15) is 16.8 Å². The van der Waals surface area contributed by atoms with Gasteiger partial charge in [0.2, 0.25) is 10.0 Å². The molecule has 1 aromatic rings. The number of nitrogens with one attached hydrogen (secondary N) is 1. The smallest absolute Gasteiger partial charge is 0.340 e. The highest BCUT2D eigenvalue weighted by Crippen LogP contribution is 2.79. The van der Waals surface area contributed by atoms with Crippen molar-refractivity contribution in [3.8, 4) is 0 Å². The van der Waals surface area contributed by atoms with Gasteiger partial charge in [-0.25, -0.2) is 13.2 Å². The molecule has 5 saturated carbocycles. The van der Waals surface area contributed by atoms with E-state index < -0.39 is 44.3 Å². The molecule has 6 aliphatic rings. The fourth-order valence-corrected chi connectivity index (χ4v) is 12.2. The number of hydrogen-bond donors (Lipinski definition) is 3. The van der Waals surface area contributed by atoms with Crippen LogP contribution in [-0.2, 0) is 29.0 Å². The molecule has 1 heterocycles. The van der Waals surface area contributed by atoms with E-state index in [1.165, 1.54) is 0 Å². The SMILES string of the molecule is CCN1C[C@]2(OC(=O)c3ccccc3NS(C)(=O)=O)CC[C@H](OC)[C@]34C1[C@H](C[C@H]23)[C@@]1(O)C[C@H](OC)[C@H]2C[C@@H]4[C@]1(O)[C@H]2OC. The van der Waals surface area contributed by atoms with E-state index in [1.807, 2.05) is 0 Å². The van der Waals surface area contributed by atoms with Crippen LogP contribution in [-0.4, -0.2) is 111 Å². The van der Waals surface area contributed by atoms with Crippen molar-refractivity contribution in [2.24, 2.45) is 29.1 Å². The average molecular weight is 621 g/mol. The van der Waals surface area contributed by atoms with Gasteiger partial charge in [0.05, 0.1) is 35.8 Å². The highest BCUT2D eigenvalue weighted by Gasteiger charge is 2.89. The third-order valence-corrected chi connectivity index (χ3v) is 13.2. The molecule has 5 aliphatic carbocycles. The van der Waals surface area contributed by atoms with Crippen molar-refractivity contribution in [1.82, 2.24) is 4.90 Å². The number of para-hydroxylation sites is 1. The zero-order valence-corrected chi connectivity index (χ0v) is 26.3. The number of likely N-dealkylation sites (N-methyl/N-ethyl adjacent to an activating group) is 1. The zero-order valence-electron chi connectivity index (χ0n) is 25.5. The molecule has 1 aromatic carbocycles. The number of benzene rings is 1. The first-order chi connectivity index (χ1) is 20.4. The van der Waals surface area contributed by atoms with Gasteiger partial charge in [-0.15, -0.1) is 0 Å². The second-order valence-corrected chi connectivity index (χ2v) is 15.6. The van der Waals surface area contributed by atoms with Gasteiger partial charge in [-0.05, 0) is 44.4 Å². The maximum atomic E-state index is 14.0. The summed E-state index contributed by atoms with van der Waals surface area (Å²) in [7, 11) is 1.36. The maximum absolute atomic E-state index is 14.0. The molecule has 43 heavy (non-hydrogen) atoms. The lowest BCUT2D eigenvalue weighted by atomic mass is 9.44. The highest BCUT2D eigenvalue weighted by atomic mass is 32.2. The highest BCUT2D eigenvalue weighted by molar-refractivity contribution is 7.92. The molecule has 1 saturated heterocycles. The summed E-state index contributed by atoms with van der Waals surface area (Å²) in [5.41, 5.74) is -4.18. The number of sulfonamides is 1. The Balaban J connectivity index is 1.37. The lowest BCUT2D eigenvalue weighted by molar-refractivity contribution is -0.337. The van der Waals surface area contributed by atoms with Crippen molar-refractivity contribution in [3.05, 3.63) is 29.8 Å². The first kappa shape index (κ1) is 29.9. The lowest BCUT2D eigenvalue weighted by Gasteiger charge is -2.70. The standard InChI is InChI=1S/C31H44N2O9S/c1-6-33-16-28(42-27(34)17-9-7-8-10-20(17)32-43(5,37)38)12-11-24(40-3)30-22(28)14-19(25(30)33)29(35)15-21(39-2)18-13-23(30)31(29,36)26(18)41-4/h7-10,18-19,21-26,32,35-36H,6,11-16H2,1-5H3/t18-,19+,21+,22-,23+,24+,25?,26+,28-,29+,30+,31+/m1/s1. The van der Waals surface area contributed by atoms with Crippen LogP contribution in [0.2, 0.25) is 0 Å². The number of fused-ring (bicyclic) bond motifs is 2. The minimum absolute atomic E-state index is 0.0825. The summed E-state index contributed by atoms with van der Waals surface area (Å²) in [6, 6.07) is 6.40. The Hall–Kier alpha value is -1.80. The predicted molar refractivity (Wildman–Crippen MR) is 156 cm³/mol. The van der Waals surface area contributed by atoms with Crippen LogP contribution in [0.25, 0.3) is 0 Å². The fourth-order valence-electron chi connectivity index (χ4n) is 11.6. The summed E-state index contributed by atoms with van der Waals surface area (Å²) in [4.78, 5) is 16.4. The summed E-state index contributed by atoms with van der Waals surface area (Å²) in [6.45, 7) is 3.25. The Morgan fingerprint density at radius 3 is 2.49 bits per heavy atom. The third-order valence-electron chi connectivity index (χ3n) is 12.6. The number of likely N-dealkylation sites (tertiary alicyclic amines) is 1. The van der Waals surface area contributed by atoms with Crippen LogP contribution in [0.4, 0.5) is 5.69 Å². The molecule has 7 rings (SSSR count). The Kier molecular flexibility index (Phi) is 6.67. The molecule has 7 bridgehead atoms. The molecular formula is C31H44N2O9S. The number of carbonyl (C=O) groups is 1. The minimum atomic E-state index is -3.63. The molecule has 6 fully saturated rings. The zero-order chi connectivity index (χ0) is 30.7. The Bertz CT molecular complexity index is 1430. The molecule has 3 N–H and O–H groups in total. The van der Waals surface area contributed by atoms with E-state index in [1.54, 1.807) is 45.6 Å². The summed E-state index contributed by atoms with van der Waals surface area (Å²) >= 11 is 0. The summed E-state index contributed by atoms with van der Waals surface area (Å²) < 4.78 is 51.6. The van der Waals surface area contributed by atoms with Crippen molar-refractivity contribution in [2.45, 2.75) is 80.2 Å². The van der Waals surface area contributed by atoms with Gasteiger partial charge >= 0.3 is 5.97 Å². The molecule has 12 atom stereocenters. The molecule has 1 spiro atoms. The number of piperidine rings is 1. The predicted octanol–water partition coefficient (Wildman–Crippen LogP) is 1.63. The molecule has 0 amide bonds. The first-order valence-electron chi connectivity index (χ1n) is 15.4. The second-order valence-electron chi connectivity index (χ2n) is 13.9. The Morgan fingerprint density at radius 1 is 1.09 bits per heavy atom. The van der Waals surface area contributed by atoms with E-state index in [0.29, 0.717) is 45.2 Å². The van der Waals surface area contributed by atoms with Gasteiger partial charge in [0.25, 0.3) is 0 Å². The number of nitrogens with zero attached hydrogens (tertiary/aromatic N) is 1. The molecule has 1 unspecified atom stereocenters. The van der Waals surface area contributed by atoms with Crippen molar-refractivity contribution in [2.75, 3.05) is 45.4 Å². The first-order valence-corrected chi connectivity index (χ1v) is 17.3. The minimum Gasteiger partial charge on any atom is -0.454 e. The van der Waals surface area contributed by atoms with Crippen molar-refractivity contribution < 1.29 is 42.4 Å². The van der Waals surface area contributed by atoms with Gasteiger partial charge in [0, 0.05) is 69.4 Å². The largest absolute Gasteiger partial charge is 0.454 e. The summed E-state index contributed by atoms with van der Waals surface area (Å²) in [5.74, 6) is -1.56. The van der Waals surface area contributed by atoms with Crippen LogP contribution in [0.3, 0.4) is 0 Å². The summed E-state index contributed by atoms with van der Waals surface area (Å²) in [5, 5.41) is 25.7. The number of ether oxygens (including phenoxy) is 4. The number of hydrogen-bond acceptors (Lipinski definition) is 10. The maximum Gasteiger partial charge on any atom is 0.340 e. The Labute approximate surface area is 253 Å². The van der Waals surface area contributed by atoms with Gasteiger partial charge < -0.3 is 29.2 Å². The van der Waals surface area contributed by atoms with Crippen LogP contribution in [0.1, 0.15) is 49.4 Å². The Morgan fingerprint density at radius 2 is 1.84 bits per heavy atom. The molecule has 1 aliphatic heterocycles. The van der Waals surface area contributed by atoms with E-state index in [2.05, 4.69) is 16.5 Å². The molecule has 0 aromatic heterocycles. The number of carbonyl (C=O) groups excluding carboxylic acids is 1. The normalized spacial score (nSPS) is 47.8. The van der Waals surface area contributed by atoms with Crippen LogP contribution < -0.4 is 4.72 Å². The van der Waals surface area contributed by atoms with Crippen LogP contribution in [0, 0.1) is 29.1 Å². The quantitative estimate of drug-likeness (QED) is 0.367. The van der Waals surface area contributed by atoms with E-state index in [0.717, 1.165) is 6.26 Å². The summed E-state index contributed by atoms with van der Waals surface area (Å²) in [6.07, 6.45) is 2.65. The van der Waals surface area contributed by atoms with Gasteiger partial charge in [-0.2, -0.15) is 0 Å². The monoisotopic (exact) mass is 620 g/mol. The number of methoxy groups -OCH3 is 3. The van der Waals surface area contributed by atoms with Crippen LogP contribution in [0.5, 0.6) is 0 Å². The van der Waals surface area contributed by atoms with E-state index in [9.17, 15) is 23.4 Å². The topological polar surface area (TPSA) is 144 Å². The average Bonchev–Trinajstić information content (AvgIpc) is 3.39. The molecule has 238 valence electrons. The molecule has 12 heteroatoms. The fraction of sp³-hybridized carbons (Fsp3) is 0.774. The lowest BCUT2D eigenvalue weighted by Crippen LogP contribution is -2.83. The third kappa shape index (κ3) is 3.57. The molecular weight excluding hydrogens is 576 g/mol. The van der Waals surface area contributed by atoms with Gasteiger partial charge in [-0.3, -0.25) is 9.62 Å². The molecule has 0 radical (unpaired) electrons.